The number of rotatable bonds is 1. The van der Waals surface area contributed by atoms with Gasteiger partial charge in [-0.2, -0.15) is 0 Å². The Bertz CT molecular complexity index is 127. The highest BCUT2D eigenvalue weighted by atomic mass is 79.9. The van der Waals surface area contributed by atoms with Gasteiger partial charge in [0.15, 0.2) is 0 Å². The molecule has 1 aliphatic rings. The van der Waals surface area contributed by atoms with Gasteiger partial charge in [0, 0.05) is 10.2 Å². The van der Waals surface area contributed by atoms with E-state index in [9.17, 15) is 5.11 Å². The van der Waals surface area contributed by atoms with E-state index in [-0.39, 0.29) is 5.41 Å². The average Bonchev–Trinajstić information content (AvgIpc) is 2.13. The first kappa shape index (κ1) is 7.55. The molecule has 1 nitrogen and oxygen atoms in total. The van der Waals surface area contributed by atoms with Crippen LogP contribution in [0.5, 0.6) is 0 Å². The van der Waals surface area contributed by atoms with Crippen LogP contribution in [0.4, 0.5) is 0 Å². The summed E-state index contributed by atoms with van der Waals surface area (Å²) in [6, 6.07) is 0. The van der Waals surface area contributed by atoms with Crippen LogP contribution in [-0.4, -0.2) is 15.5 Å². The molecule has 0 amide bonds. The van der Waals surface area contributed by atoms with Crippen LogP contribution in [0.3, 0.4) is 0 Å². The topological polar surface area (TPSA) is 20.2 Å². The summed E-state index contributed by atoms with van der Waals surface area (Å²) in [5, 5.41) is 9.56. The van der Waals surface area contributed by atoms with Gasteiger partial charge >= 0.3 is 0 Å². The Kier molecular flexibility index (Phi) is 1.45. The predicted octanol–water partition coefficient (Wildman–Crippen LogP) is 1.93. The summed E-state index contributed by atoms with van der Waals surface area (Å²) < 4.78 is 0. The summed E-state index contributed by atoms with van der Waals surface area (Å²) in [7, 11) is 0. The molecule has 0 aliphatic heterocycles. The van der Waals surface area contributed by atoms with Gasteiger partial charge in [-0.1, -0.05) is 22.9 Å². The smallest absolute Gasteiger partial charge is 0.0656 e. The van der Waals surface area contributed by atoms with E-state index >= 15 is 0 Å². The van der Waals surface area contributed by atoms with Gasteiger partial charge in [-0.05, 0) is 20.3 Å². The molecule has 0 aromatic heterocycles. The zero-order chi connectivity index (χ0) is 7.28. The van der Waals surface area contributed by atoms with Crippen molar-refractivity contribution in [1.82, 2.24) is 0 Å². The maximum atomic E-state index is 9.56. The number of aliphatic hydroxyl groups is 1. The summed E-state index contributed by atoms with van der Waals surface area (Å²) in [5.74, 6) is 0. The van der Waals surface area contributed by atoms with Crippen LogP contribution in [0.2, 0.25) is 0 Å². The first-order valence-electron chi connectivity index (χ1n) is 3.24. The maximum absolute atomic E-state index is 9.56. The Labute approximate surface area is 64.6 Å². The van der Waals surface area contributed by atoms with Crippen LogP contribution in [-0.2, 0) is 0 Å². The van der Waals surface area contributed by atoms with E-state index in [1.54, 1.807) is 0 Å². The zero-order valence-electron chi connectivity index (χ0n) is 6.11. The van der Waals surface area contributed by atoms with E-state index in [1.165, 1.54) is 0 Å². The first-order valence-corrected chi connectivity index (χ1v) is 4.16. The molecule has 9 heavy (non-hydrogen) atoms. The van der Waals surface area contributed by atoms with Crippen molar-refractivity contribution in [3.05, 3.63) is 0 Å². The summed E-state index contributed by atoms with van der Waals surface area (Å²) in [6.07, 6.45) is 1.09. The normalized spacial score (nSPS) is 43.0. The van der Waals surface area contributed by atoms with E-state index in [4.69, 9.17) is 0 Å². The van der Waals surface area contributed by atoms with Gasteiger partial charge < -0.3 is 5.11 Å². The summed E-state index contributed by atoms with van der Waals surface area (Å²) in [5.41, 5.74) is -0.409. The van der Waals surface area contributed by atoms with E-state index in [0.29, 0.717) is 4.83 Å². The second kappa shape index (κ2) is 1.73. The molecule has 0 aromatic rings. The third-order valence-electron chi connectivity index (χ3n) is 2.53. The first-order chi connectivity index (χ1) is 3.88. The zero-order valence-corrected chi connectivity index (χ0v) is 7.70. The van der Waals surface area contributed by atoms with Gasteiger partial charge in [0.25, 0.3) is 0 Å². The van der Waals surface area contributed by atoms with Crippen molar-refractivity contribution in [3.63, 3.8) is 0 Å². The molecule has 0 spiro atoms. The molecule has 0 saturated heterocycles. The summed E-state index contributed by atoms with van der Waals surface area (Å²) >= 11 is 3.48. The minimum Gasteiger partial charge on any atom is -0.390 e. The molecule has 1 rings (SSSR count). The lowest BCUT2D eigenvalue weighted by atomic mass is 9.90. The van der Waals surface area contributed by atoms with Gasteiger partial charge in [-0.3, -0.25) is 0 Å². The molecule has 0 radical (unpaired) electrons. The van der Waals surface area contributed by atoms with Crippen LogP contribution in [0, 0.1) is 5.41 Å². The third kappa shape index (κ3) is 1.03. The number of hydrogen-bond donors (Lipinski definition) is 1. The van der Waals surface area contributed by atoms with Crippen molar-refractivity contribution in [2.24, 2.45) is 5.41 Å². The van der Waals surface area contributed by atoms with Crippen molar-refractivity contribution in [2.45, 2.75) is 37.6 Å². The largest absolute Gasteiger partial charge is 0.390 e. The monoisotopic (exact) mass is 192 g/mol. The van der Waals surface area contributed by atoms with Crippen LogP contribution in [0.15, 0.2) is 0 Å². The Balaban J connectivity index is 2.64. The van der Waals surface area contributed by atoms with Gasteiger partial charge in [0.2, 0.25) is 0 Å². The molecular formula is C7H13BrO. The maximum Gasteiger partial charge on any atom is 0.0656 e. The lowest BCUT2D eigenvalue weighted by molar-refractivity contribution is 0.0124. The van der Waals surface area contributed by atoms with Crippen molar-refractivity contribution < 1.29 is 5.11 Å². The standard InChI is InChI=1S/C7H13BrO/c1-6(2,9)7(3)4-5(7)8/h5,9H,4H2,1-3H3/t5-,7-/m1/s1. The van der Waals surface area contributed by atoms with Crippen LogP contribution in [0.1, 0.15) is 27.2 Å². The summed E-state index contributed by atoms with van der Waals surface area (Å²) in [4.78, 5) is 0.519. The Morgan fingerprint density at radius 1 is 1.67 bits per heavy atom. The van der Waals surface area contributed by atoms with Gasteiger partial charge in [0.05, 0.1) is 5.60 Å². The predicted molar refractivity (Wildman–Crippen MR) is 41.7 cm³/mol. The van der Waals surface area contributed by atoms with Gasteiger partial charge in [-0.15, -0.1) is 0 Å². The van der Waals surface area contributed by atoms with Crippen LogP contribution >= 0.6 is 15.9 Å². The Morgan fingerprint density at radius 3 is 2.00 bits per heavy atom. The molecule has 0 heterocycles. The average molecular weight is 193 g/mol. The second-order valence-electron chi connectivity index (χ2n) is 3.65. The molecular weight excluding hydrogens is 180 g/mol. The minimum atomic E-state index is -0.527. The molecule has 54 valence electrons. The second-order valence-corrected chi connectivity index (χ2v) is 4.75. The van der Waals surface area contributed by atoms with Gasteiger partial charge in [-0.25, -0.2) is 0 Å². The van der Waals surface area contributed by atoms with Crippen molar-refractivity contribution in [2.75, 3.05) is 0 Å². The summed E-state index contributed by atoms with van der Waals surface area (Å²) in [6.45, 7) is 5.84. The van der Waals surface area contributed by atoms with Crippen molar-refractivity contribution in [3.8, 4) is 0 Å². The van der Waals surface area contributed by atoms with E-state index < -0.39 is 5.60 Å². The van der Waals surface area contributed by atoms with Crippen molar-refractivity contribution >= 4 is 15.9 Å². The highest BCUT2D eigenvalue weighted by molar-refractivity contribution is 9.09. The lowest BCUT2D eigenvalue weighted by Gasteiger charge is -2.25. The fourth-order valence-corrected chi connectivity index (χ4v) is 2.18. The molecule has 1 N–H and O–H groups in total. The molecule has 0 aromatic carbocycles. The molecule has 2 heteroatoms. The molecule has 0 bridgehead atoms. The fourth-order valence-electron chi connectivity index (χ4n) is 0.946. The van der Waals surface area contributed by atoms with Crippen LogP contribution in [0.25, 0.3) is 0 Å². The van der Waals surface area contributed by atoms with E-state index in [0.717, 1.165) is 6.42 Å². The van der Waals surface area contributed by atoms with Crippen LogP contribution < -0.4 is 0 Å². The number of alkyl halides is 1. The van der Waals surface area contributed by atoms with Crippen molar-refractivity contribution in [1.29, 1.82) is 0 Å². The lowest BCUT2D eigenvalue weighted by Crippen LogP contribution is -2.31. The van der Waals surface area contributed by atoms with E-state index in [1.807, 2.05) is 13.8 Å². The molecule has 2 atom stereocenters. The minimum absolute atomic E-state index is 0.118. The Morgan fingerprint density at radius 2 is 2.00 bits per heavy atom. The highest BCUT2D eigenvalue weighted by Gasteiger charge is 2.57. The van der Waals surface area contributed by atoms with E-state index in [2.05, 4.69) is 22.9 Å². The highest BCUT2D eigenvalue weighted by Crippen LogP contribution is 2.57. The molecule has 1 fully saturated rings. The third-order valence-corrected chi connectivity index (χ3v) is 3.87. The Hall–Kier alpha value is 0.440. The van der Waals surface area contributed by atoms with Gasteiger partial charge in [0.1, 0.15) is 0 Å². The fraction of sp³-hybridized carbons (Fsp3) is 1.00. The molecule has 1 saturated carbocycles. The molecule has 1 aliphatic carbocycles. The number of hydrogen-bond acceptors (Lipinski definition) is 1. The quantitative estimate of drug-likeness (QED) is 0.631. The number of halogens is 1. The molecule has 0 unspecified atom stereocenters. The SMILES string of the molecule is CC(C)(O)[C@]1(C)C[C@H]1Br.